The number of hydrogen-bond donors (Lipinski definition) is 1. The van der Waals surface area contributed by atoms with E-state index in [4.69, 9.17) is 9.73 Å². The number of piperidine rings is 1. The maximum Gasteiger partial charge on any atom is 0.338 e. The quantitative estimate of drug-likeness (QED) is 0.512. The van der Waals surface area contributed by atoms with Crippen LogP contribution in [0.1, 0.15) is 47.7 Å². The number of likely N-dealkylation sites (tertiary alicyclic amines) is 1. The molecule has 0 unspecified atom stereocenters. The summed E-state index contributed by atoms with van der Waals surface area (Å²) < 4.78 is 5.15. The van der Waals surface area contributed by atoms with Crippen LogP contribution in [0.2, 0.25) is 0 Å². The monoisotopic (exact) mass is 465 g/mol. The molecular weight excluding hydrogens is 434 g/mol. The Kier molecular flexibility index (Phi) is 7.05. The van der Waals surface area contributed by atoms with Crippen molar-refractivity contribution in [2.75, 3.05) is 25.0 Å². The van der Waals surface area contributed by atoms with Crippen LogP contribution in [-0.4, -0.2) is 30.6 Å². The first-order valence-electron chi connectivity index (χ1n) is 12.5. The van der Waals surface area contributed by atoms with E-state index in [9.17, 15) is 4.79 Å². The standard InChI is InChI=1S/C30H31N3O2/c1-2-35-30(34)25-14-13-24-19-28(32-27(24)20-25)29(23-9-5-3-6-10-23)31-26-15-11-22(12-16-26)21-33-17-7-4-8-18-33/h3,5-6,9-16,19-20,31H,2,4,7-8,17-18,21H2,1H3. The third kappa shape index (κ3) is 5.52. The topological polar surface area (TPSA) is 53.9 Å². The van der Waals surface area contributed by atoms with E-state index in [1.165, 1.54) is 37.9 Å². The first kappa shape index (κ1) is 23.1. The summed E-state index contributed by atoms with van der Waals surface area (Å²) in [5.41, 5.74) is 5.70. The molecule has 0 aliphatic carbocycles. The zero-order chi connectivity index (χ0) is 24.0. The number of benzene rings is 3. The molecule has 0 spiro atoms. The Balaban J connectivity index is 1.44. The van der Waals surface area contributed by atoms with E-state index in [1.54, 1.807) is 12.1 Å². The van der Waals surface area contributed by atoms with Crippen LogP contribution in [0.5, 0.6) is 0 Å². The second kappa shape index (κ2) is 10.7. The Labute approximate surface area is 206 Å². The van der Waals surface area contributed by atoms with Crippen LogP contribution < -0.4 is 15.9 Å². The molecule has 0 amide bonds. The highest BCUT2D eigenvalue weighted by Gasteiger charge is 2.14. The van der Waals surface area contributed by atoms with Crippen LogP contribution in [0.25, 0.3) is 11.8 Å². The summed E-state index contributed by atoms with van der Waals surface area (Å²) in [5.74, 6) is -0.325. The fourth-order valence-electron chi connectivity index (χ4n) is 4.64. The van der Waals surface area contributed by atoms with Gasteiger partial charge in [0.25, 0.3) is 0 Å². The predicted molar refractivity (Wildman–Crippen MR) is 140 cm³/mol. The lowest BCUT2D eigenvalue weighted by Gasteiger charge is -2.26. The van der Waals surface area contributed by atoms with E-state index >= 15 is 0 Å². The molecular formula is C30H31N3O2. The van der Waals surface area contributed by atoms with Gasteiger partial charge in [0.2, 0.25) is 0 Å². The molecule has 5 nitrogen and oxygen atoms in total. The number of nitrogens with zero attached hydrogens (tertiary/aromatic N) is 2. The molecule has 2 aliphatic rings. The van der Waals surface area contributed by atoms with E-state index < -0.39 is 0 Å². The summed E-state index contributed by atoms with van der Waals surface area (Å²) in [7, 11) is 0. The van der Waals surface area contributed by atoms with Gasteiger partial charge in [0.05, 0.1) is 28.9 Å². The zero-order valence-electron chi connectivity index (χ0n) is 20.2. The van der Waals surface area contributed by atoms with Crippen molar-refractivity contribution in [2.24, 2.45) is 4.99 Å². The van der Waals surface area contributed by atoms with Crippen LogP contribution in [0, 0.1) is 0 Å². The highest BCUT2D eigenvalue weighted by atomic mass is 16.5. The van der Waals surface area contributed by atoms with Crippen LogP contribution in [0.4, 0.5) is 5.69 Å². The summed E-state index contributed by atoms with van der Waals surface area (Å²) in [6, 6.07) is 24.4. The van der Waals surface area contributed by atoms with E-state index in [-0.39, 0.29) is 5.97 Å². The van der Waals surface area contributed by atoms with Crippen molar-refractivity contribution in [3.05, 3.63) is 106 Å². The molecule has 1 saturated heterocycles. The number of esters is 1. The highest BCUT2D eigenvalue weighted by molar-refractivity contribution is 5.89. The van der Waals surface area contributed by atoms with Crippen molar-refractivity contribution >= 4 is 23.4 Å². The number of fused-ring (bicyclic) bond motifs is 1. The number of hydrogen-bond acceptors (Lipinski definition) is 5. The van der Waals surface area contributed by atoms with Crippen molar-refractivity contribution in [3.63, 3.8) is 0 Å². The Bertz CT molecular complexity index is 1340. The van der Waals surface area contributed by atoms with Crippen LogP contribution >= 0.6 is 0 Å². The molecule has 2 aliphatic heterocycles. The maximum absolute atomic E-state index is 12.2. The average Bonchev–Trinajstić information content (AvgIpc) is 3.32. The first-order valence-corrected chi connectivity index (χ1v) is 12.5. The normalized spacial score (nSPS) is 16.6. The minimum absolute atomic E-state index is 0.325. The van der Waals surface area contributed by atoms with E-state index in [1.807, 2.05) is 31.2 Å². The van der Waals surface area contributed by atoms with Gasteiger partial charge in [-0.25, -0.2) is 9.79 Å². The molecule has 5 rings (SSSR count). The minimum Gasteiger partial charge on any atom is -0.462 e. The molecule has 0 radical (unpaired) electrons. The summed E-state index contributed by atoms with van der Waals surface area (Å²) in [5, 5.41) is 5.37. The summed E-state index contributed by atoms with van der Waals surface area (Å²) in [4.78, 5) is 19.6. The lowest BCUT2D eigenvalue weighted by Crippen LogP contribution is -2.29. The molecule has 1 N–H and O–H groups in total. The molecule has 0 aromatic heterocycles. The molecule has 1 fully saturated rings. The smallest absolute Gasteiger partial charge is 0.338 e. The van der Waals surface area contributed by atoms with Crippen LogP contribution in [-0.2, 0) is 11.3 Å². The van der Waals surface area contributed by atoms with E-state index in [0.29, 0.717) is 12.2 Å². The van der Waals surface area contributed by atoms with Crippen molar-refractivity contribution in [2.45, 2.75) is 32.7 Å². The second-order valence-corrected chi connectivity index (χ2v) is 9.04. The SMILES string of the molecule is CCOC(=O)c1ccc2c(c1)=NC(=C(Nc1ccc(CN3CCCCC3)cc1)c1ccccc1)C=2. The van der Waals surface area contributed by atoms with Crippen molar-refractivity contribution in [3.8, 4) is 0 Å². The van der Waals surface area contributed by atoms with Gasteiger partial charge in [0.15, 0.2) is 0 Å². The van der Waals surface area contributed by atoms with Gasteiger partial charge >= 0.3 is 5.97 Å². The molecule has 3 aromatic carbocycles. The number of nitrogens with one attached hydrogen (secondary N) is 1. The molecule has 0 saturated carbocycles. The second-order valence-electron chi connectivity index (χ2n) is 9.04. The fraction of sp³-hybridized carbons (Fsp3) is 0.267. The van der Waals surface area contributed by atoms with Gasteiger partial charge < -0.3 is 10.1 Å². The van der Waals surface area contributed by atoms with Crippen molar-refractivity contribution < 1.29 is 9.53 Å². The van der Waals surface area contributed by atoms with Crippen molar-refractivity contribution in [1.82, 2.24) is 4.90 Å². The van der Waals surface area contributed by atoms with E-state index in [2.05, 4.69) is 52.7 Å². The molecule has 35 heavy (non-hydrogen) atoms. The number of anilines is 1. The molecule has 5 heteroatoms. The molecule has 0 bridgehead atoms. The number of carbonyl (C=O) groups excluding carboxylic acids is 1. The number of rotatable bonds is 7. The lowest BCUT2D eigenvalue weighted by molar-refractivity contribution is 0.0526. The van der Waals surface area contributed by atoms with Gasteiger partial charge in [0.1, 0.15) is 0 Å². The highest BCUT2D eigenvalue weighted by Crippen LogP contribution is 2.25. The maximum atomic E-state index is 12.2. The van der Waals surface area contributed by atoms with Gasteiger partial charge in [-0.05, 0) is 68.8 Å². The summed E-state index contributed by atoms with van der Waals surface area (Å²) in [6.45, 7) is 5.56. The predicted octanol–water partition coefficient (Wildman–Crippen LogP) is 4.74. The minimum atomic E-state index is -0.325. The lowest BCUT2D eigenvalue weighted by atomic mass is 10.1. The Hall–Kier alpha value is -3.70. The van der Waals surface area contributed by atoms with Gasteiger partial charge in [-0.2, -0.15) is 0 Å². The fourth-order valence-corrected chi connectivity index (χ4v) is 4.64. The first-order chi connectivity index (χ1) is 17.2. The molecule has 3 aromatic rings. The summed E-state index contributed by atoms with van der Waals surface area (Å²) in [6.07, 6.45) is 6.02. The zero-order valence-corrected chi connectivity index (χ0v) is 20.2. The van der Waals surface area contributed by atoms with Gasteiger partial charge in [-0.3, -0.25) is 4.90 Å². The Morgan fingerprint density at radius 2 is 1.71 bits per heavy atom. The molecule has 2 heterocycles. The number of ether oxygens (including phenoxy) is 1. The molecule has 178 valence electrons. The van der Waals surface area contributed by atoms with E-state index in [0.717, 1.165) is 39.8 Å². The number of allylic oxidation sites excluding steroid dienone is 1. The number of carbonyl (C=O) groups is 1. The average molecular weight is 466 g/mol. The van der Waals surface area contributed by atoms with Gasteiger partial charge in [0, 0.05) is 23.0 Å². The van der Waals surface area contributed by atoms with Crippen molar-refractivity contribution in [1.29, 1.82) is 0 Å². The molecule has 0 atom stereocenters. The van der Waals surface area contributed by atoms with Crippen LogP contribution in [0.15, 0.2) is 83.5 Å². The third-order valence-corrected chi connectivity index (χ3v) is 6.47. The van der Waals surface area contributed by atoms with Gasteiger partial charge in [-0.15, -0.1) is 0 Å². The summed E-state index contributed by atoms with van der Waals surface area (Å²) >= 11 is 0. The van der Waals surface area contributed by atoms with Crippen LogP contribution in [0.3, 0.4) is 0 Å². The third-order valence-electron chi connectivity index (χ3n) is 6.47. The largest absolute Gasteiger partial charge is 0.462 e. The van der Waals surface area contributed by atoms with Gasteiger partial charge in [-0.1, -0.05) is 55.0 Å². The Morgan fingerprint density at radius 1 is 0.943 bits per heavy atom. The Morgan fingerprint density at radius 3 is 2.46 bits per heavy atom.